The molecule has 0 aliphatic carbocycles. The Morgan fingerprint density at radius 1 is 0.800 bits per heavy atom. The number of nitrogens with two attached hydrogens (primary N) is 2. The van der Waals surface area contributed by atoms with Gasteiger partial charge in [0.15, 0.2) is 5.16 Å². The third-order valence-corrected chi connectivity index (χ3v) is 8.15. The number of aromatic nitrogens is 4. The molecule has 0 aliphatic rings. The maximum atomic E-state index is 14.1. The topological polar surface area (TPSA) is 173 Å². The highest BCUT2D eigenvalue weighted by Gasteiger charge is 2.22. The van der Waals surface area contributed by atoms with Crippen LogP contribution in [0, 0.1) is 25.5 Å². The number of thioether (sulfide) groups is 1. The third-order valence-electron chi connectivity index (χ3n) is 6.28. The first-order valence-corrected chi connectivity index (χ1v) is 15.7. The van der Waals surface area contributed by atoms with E-state index in [1.165, 1.54) is 62.6 Å². The first-order chi connectivity index (χ1) is 21.4. The van der Waals surface area contributed by atoms with Crippen molar-refractivity contribution in [3.63, 3.8) is 0 Å². The highest BCUT2D eigenvalue weighted by Crippen LogP contribution is 2.27. The van der Waals surface area contributed by atoms with Crippen LogP contribution in [0.1, 0.15) is 56.8 Å². The number of halogens is 2. The van der Waals surface area contributed by atoms with E-state index < -0.39 is 34.0 Å². The van der Waals surface area contributed by atoms with Crippen molar-refractivity contribution in [2.24, 2.45) is 0 Å². The predicted molar refractivity (Wildman–Crippen MR) is 168 cm³/mol. The summed E-state index contributed by atoms with van der Waals surface area (Å²) in [5.41, 5.74) is 12.4. The fourth-order valence-electron chi connectivity index (χ4n) is 3.93. The van der Waals surface area contributed by atoms with Gasteiger partial charge in [-0.05, 0) is 55.0 Å². The van der Waals surface area contributed by atoms with Crippen molar-refractivity contribution >= 4 is 45.8 Å². The average Bonchev–Trinajstić information content (AvgIpc) is 3.01. The van der Waals surface area contributed by atoms with Crippen molar-refractivity contribution in [2.75, 3.05) is 37.2 Å². The first kappa shape index (κ1) is 35.0. The van der Waals surface area contributed by atoms with Gasteiger partial charge in [0.25, 0.3) is 0 Å². The molecule has 238 valence electrons. The van der Waals surface area contributed by atoms with E-state index >= 15 is 0 Å². The number of nitrogens with zero attached hydrogens (tertiary/aromatic N) is 4. The molecule has 4 aromatic rings. The highest BCUT2D eigenvalue weighted by molar-refractivity contribution is 7.99. The molecule has 1 atom stereocenters. The number of nitrogen functional groups attached to an aromatic ring is 2. The molecular formula is C30H32F2N6O5S2. The Kier molecular flexibility index (Phi) is 12.0. The lowest BCUT2D eigenvalue weighted by Crippen LogP contribution is -2.13. The van der Waals surface area contributed by atoms with Gasteiger partial charge in [-0.25, -0.2) is 28.7 Å². The molecule has 2 aromatic heterocycles. The lowest BCUT2D eigenvalue weighted by atomic mass is 10.0. The second-order valence-electron chi connectivity index (χ2n) is 9.23. The van der Waals surface area contributed by atoms with Crippen molar-refractivity contribution in [3.8, 4) is 11.5 Å². The fraction of sp³-hybridized carbons (Fsp3) is 0.267. The summed E-state index contributed by atoms with van der Waals surface area (Å²) in [6.45, 7) is 7.03. The van der Waals surface area contributed by atoms with Crippen molar-refractivity contribution in [1.82, 2.24) is 19.9 Å². The van der Waals surface area contributed by atoms with Gasteiger partial charge in [0.2, 0.25) is 16.7 Å². The zero-order valence-corrected chi connectivity index (χ0v) is 27.1. The molecule has 4 N–H and O–H groups in total. The molecule has 0 saturated heterocycles. The molecular weight excluding hydrogens is 626 g/mol. The van der Waals surface area contributed by atoms with Crippen LogP contribution in [0.25, 0.3) is 0 Å². The zero-order valence-electron chi connectivity index (χ0n) is 25.4. The van der Waals surface area contributed by atoms with Gasteiger partial charge in [-0.3, -0.25) is 13.8 Å². The number of hydrogen-bond acceptors (Lipinski definition) is 12. The highest BCUT2D eigenvalue weighted by atomic mass is 32.2. The summed E-state index contributed by atoms with van der Waals surface area (Å²) < 4.78 is 50.0. The van der Waals surface area contributed by atoms with E-state index in [0.29, 0.717) is 33.5 Å². The summed E-state index contributed by atoms with van der Waals surface area (Å²) in [7, 11) is 1.51. The molecule has 11 nitrogen and oxygen atoms in total. The molecule has 0 amide bonds. The van der Waals surface area contributed by atoms with Crippen molar-refractivity contribution in [2.45, 2.75) is 38.0 Å². The van der Waals surface area contributed by atoms with Crippen molar-refractivity contribution < 1.29 is 32.1 Å². The molecule has 2 aromatic carbocycles. The van der Waals surface area contributed by atoms with Gasteiger partial charge in [-0.1, -0.05) is 25.6 Å². The number of rotatable bonds is 10. The Hall–Kier alpha value is -4.50. The van der Waals surface area contributed by atoms with Crippen LogP contribution < -0.4 is 20.9 Å². The lowest BCUT2D eigenvalue weighted by Gasteiger charge is -2.10. The van der Waals surface area contributed by atoms with E-state index in [4.69, 9.17) is 20.9 Å². The van der Waals surface area contributed by atoms with Crippen LogP contribution in [-0.2, 0) is 10.8 Å². The standard InChI is InChI=1S/C15H16FN3O3S.C15H16FN3O2S/c1-4-23(21)15-18-7-10(14(17)19-15)13(20)9-6-12(22-3)8(2)5-11(9)16;1-4-22-15-18-7-10(14(17)19-15)13(20)9-6-12(21-3)8(2)5-11(9)16/h5-7H,4H2,1-3H3,(H2,17,18,19);5-7H,4H2,1-3H3,(H2,17,18,19). The molecule has 0 radical (unpaired) electrons. The number of anilines is 2. The van der Waals surface area contributed by atoms with Gasteiger partial charge in [0.1, 0.15) is 34.8 Å². The lowest BCUT2D eigenvalue weighted by molar-refractivity contribution is 0.102. The summed E-state index contributed by atoms with van der Waals surface area (Å²) in [6.07, 6.45) is 2.49. The number of ketones is 2. The number of ether oxygens (including phenoxy) is 2. The zero-order chi connectivity index (χ0) is 33.4. The van der Waals surface area contributed by atoms with Crippen LogP contribution in [0.3, 0.4) is 0 Å². The molecule has 0 fully saturated rings. The summed E-state index contributed by atoms with van der Waals surface area (Å²) in [5, 5.41) is 0.530. The molecule has 0 aliphatic heterocycles. The SMILES string of the molecule is CCS(=O)c1ncc(C(=O)c2cc(OC)c(C)cc2F)c(N)n1.CCSc1ncc(C(=O)c2cc(OC)c(C)cc2F)c(N)n1. The number of aryl methyl sites for hydroxylation is 2. The predicted octanol–water partition coefficient (Wildman–Crippen LogP) is 4.73. The smallest absolute Gasteiger partial charge is 0.220 e. The number of methoxy groups -OCH3 is 2. The second kappa shape index (κ2) is 15.5. The molecule has 4 rings (SSSR count). The second-order valence-corrected chi connectivity index (χ2v) is 12.1. The Balaban J connectivity index is 0.000000246. The first-order valence-electron chi connectivity index (χ1n) is 13.4. The minimum absolute atomic E-state index is 0.0369. The molecule has 0 bridgehead atoms. The molecule has 45 heavy (non-hydrogen) atoms. The van der Waals surface area contributed by atoms with E-state index in [9.17, 15) is 22.6 Å². The molecule has 0 spiro atoms. The van der Waals surface area contributed by atoms with Crippen LogP contribution in [0.4, 0.5) is 20.4 Å². The van der Waals surface area contributed by atoms with E-state index in [1.807, 2.05) is 6.92 Å². The maximum Gasteiger partial charge on any atom is 0.220 e. The Morgan fingerprint density at radius 2 is 1.27 bits per heavy atom. The number of benzene rings is 2. The third kappa shape index (κ3) is 8.16. The van der Waals surface area contributed by atoms with E-state index in [-0.39, 0.29) is 39.0 Å². The summed E-state index contributed by atoms with van der Waals surface area (Å²) >= 11 is 1.41. The van der Waals surface area contributed by atoms with Crippen LogP contribution in [0.5, 0.6) is 11.5 Å². The number of carbonyl (C=O) groups excluding carboxylic acids is 2. The summed E-state index contributed by atoms with van der Waals surface area (Å²) in [4.78, 5) is 40.8. The Morgan fingerprint density at radius 3 is 1.67 bits per heavy atom. The average molecular weight is 659 g/mol. The van der Waals surface area contributed by atoms with Gasteiger partial charge < -0.3 is 20.9 Å². The van der Waals surface area contributed by atoms with Gasteiger partial charge in [0, 0.05) is 18.1 Å². The van der Waals surface area contributed by atoms with E-state index in [1.54, 1.807) is 20.8 Å². The van der Waals surface area contributed by atoms with Crippen LogP contribution in [0.2, 0.25) is 0 Å². The largest absolute Gasteiger partial charge is 0.496 e. The van der Waals surface area contributed by atoms with Gasteiger partial charge in [0.05, 0.1) is 47.3 Å². The Bertz CT molecular complexity index is 1770. The molecule has 2 heterocycles. The molecule has 0 saturated carbocycles. The minimum Gasteiger partial charge on any atom is -0.496 e. The van der Waals surface area contributed by atoms with Crippen molar-refractivity contribution in [1.29, 1.82) is 0 Å². The Labute approximate surface area is 265 Å². The van der Waals surface area contributed by atoms with Gasteiger partial charge >= 0.3 is 0 Å². The van der Waals surface area contributed by atoms with Gasteiger partial charge in [-0.2, -0.15) is 0 Å². The van der Waals surface area contributed by atoms with E-state index in [0.717, 1.165) is 5.75 Å². The van der Waals surface area contributed by atoms with Gasteiger partial charge in [-0.15, -0.1) is 0 Å². The summed E-state index contributed by atoms with van der Waals surface area (Å²) in [5.74, 6) is -0.708. The minimum atomic E-state index is -1.39. The fourth-order valence-corrected chi connectivity index (χ4v) is 5.10. The monoisotopic (exact) mass is 658 g/mol. The number of carbonyl (C=O) groups is 2. The van der Waals surface area contributed by atoms with Crippen LogP contribution >= 0.6 is 11.8 Å². The van der Waals surface area contributed by atoms with E-state index in [2.05, 4.69) is 19.9 Å². The normalized spacial score (nSPS) is 11.3. The van der Waals surface area contributed by atoms with Crippen molar-refractivity contribution in [3.05, 3.63) is 81.7 Å². The summed E-state index contributed by atoms with van der Waals surface area (Å²) in [6, 6.07) is 5.14. The van der Waals surface area contributed by atoms with Crippen LogP contribution in [-0.4, -0.2) is 61.4 Å². The maximum absolute atomic E-state index is 14.1. The number of hydrogen-bond donors (Lipinski definition) is 2. The van der Waals surface area contributed by atoms with Crippen LogP contribution in [0.15, 0.2) is 47.0 Å². The molecule has 15 heteroatoms. The molecule has 1 unspecified atom stereocenters. The quantitative estimate of drug-likeness (QED) is 0.136.